The zero-order chi connectivity index (χ0) is 14.8. The van der Waals surface area contributed by atoms with E-state index in [1.165, 1.54) is 16.2 Å². The van der Waals surface area contributed by atoms with Gasteiger partial charge in [-0.15, -0.1) is 34.4 Å². The van der Waals surface area contributed by atoms with Crippen molar-refractivity contribution in [2.75, 3.05) is 11.1 Å². The summed E-state index contributed by atoms with van der Waals surface area (Å²) in [4.78, 5) is 18.7. The Kier molecular flexibility index (Phi) is 4.88. The zero-order valence-electron chi connectivity index (χ0n) is 12.0. The van der Waals surface area contributed by atoms with Gasteiger partial charge in [0, 0.05) is 15.0 Å². The van der Waals surface area contributed by atoms with Crippen LogP contribution in [0.4, 0.5) is 5.13 Å². The average Bonchev–Trinajstić information content (AvgIpc) is 2.94. The molecular formula is C14H18N2OS3. The van der Waals surface area contributed by atoms with Gasteiger partial charge in [0.2, 0.25) is 5.91 Å². The summed E-state index contributed by atoms with van der Waals surface area (Å²) in [7, 11) is 0. The molecule has 0 unspecified atom stereocenters. The van der Waals surface area contributed by atoms with Crippen LogP contribution in [0.15, 0.2) is 17.5 Å². The predicted octanol–water partition coefficient (Wildman–Crippen LogP) is 4.65. The van der Waals surface area contributed by atoms with Crippen LogP contribution in [0.1, 0.15) is 25.6 Å². The largest absolute Gasteiger partial charge is 0.301 e. The zero-order valence-corrected chi connectivity index (χ0v) is 14.5. The summed E-state index contributed by atoms with van der Waals surface area (Å²) in [5.74, 6) is 0.462. The second-order valence-electron chi connectivity index (χ2n) is 5.40. The predicted molar refractivity (Wildman–Crippen MR) is 91.0 cm³/mol. The van der Waals surface area contributed by atoms with Crippen molar-refractivity contribution in [2.45, 2.75) is 32.4 Å². The molecule has 0 saturated carbocycles. The molecule has 0 atom stereocenters. The number of aryl methyl sites for hydroxylation is 1. The Balaban J connectivity index is 1.94. The smallest absolute Gasteiger partial charge is 0.236 e. The summed E-state index contributed by atoms with van der Waals surface area (Å²) in [5, 5.41) is 5.52. The van der Waals surface area contributed by atoms with Crippen LogP contribution < -0.4 is 5.32 Å². The quantitative estimate of drug-likeness (QED) is 0.889. The normalized spacial score (nSPS) is 11.6. The fourth-order valence-corrected chi connectivity index (χ4v) is 3.72. The fraction of sp³-hybridized carbons (Fsp3) is 0.429. The van der Waals surface area contributed by atoms with E-state index < -0.39 is 0 Å². The number of hydrogen-bond donors (Lipinski definition) is 1. The monoisotopic (exact) mass is 326 g/mol. The van der Waals surface area contributed by atoms with Crippen molar-refractivity contribution < 1.29 is 4.79 Å². The van der Waals surface area contributed by atoms with Crippen LogP contribution in [0.25, 0.3) is 10.6 Å². The summed E-state index contributed by atoms with van der Waals surface area (Å²) in [6.07, 6.45) is 0. The van der Waals surface area contributed by atoms with Gasteiger partial charge in [0.05, 0.1) is 16.3 Å². The number of aromatic nitrogens is 1. The van der Waals surface area contributed by atoms with Gasteiger partial charge in [-0.25, -0.2) is 4.98 Å². The molecule has 20 heavy (non-hydrogen) atoms. The number of carbonyl (C=O) groups is 1. The molecule has 0 saturated heterocycles. The Morgan fingerprint density at radius 3 is 2.75 bits per heavy atom. The van der Waals surface area contributed by atoms with Crippen molar-refractivity contribution in [1.82, 2.24) is 4.98 Å². The molecule has 0 aliphatic heterocycles. The standard InChI is InChI=1S/C14H18N2OS3/c1-9-5-6-11(20-9)10-7-18-13(15-10)16-12(17)8-19-14(2,3)4/h5-7H,8H2,1-4H3,(H,15,16,17). The van der Waals surface area contributed by atoms with Crippen molar-refractivity contribution in [2.24, 2.45) is 0 Å². The topological polar surface area (TPSA) is 42.0 Å². The first-order chi connectivity index (χ1) is 9.33. The summed E-state index contributed by atoms with van der Waals surface area (Å²) in [5.41, 5.74) is 0.937. The van der Waals surface area contributed by atoms with Gasteiger partial charge in [0.15, 0.2) is 5.13 Å². The minimum absolute atomic E-state index is 0.00758. The Morgan fingerprint density at radius 2 is 2.15 bits per heavy atom. The summed E-state index contributed by atoms with van der Waals surface area (Å²) in [6, 6.07) is 4.15. The lowest BCUT2D eigenvalue weighted by Crippen LogP contribution is -2.18. The van der Waals surface area contributed by atoms with Crippen molar-refractivity contribution in [3.05, 3.63) is 22.4 Å². The molecule has 0 spiro atoms. The second kappa shape index (κ2) is 6.28. The van der Waals surface area contributed by atoms with E-state index in [1.54, 1.807) is 23.1 Å². The molecule has 0 radical (unpaired) electrons. The maximum atomic E-state index is 11.8. The van der Waals surface area contributed by atoms with Gasteiger partial charge in [-0.3, -0.25) is 4.79 Å². The first-order valence-electron chi connectivity index (χ1n) is 6.30. The molecule has 0 aliphatic rings. The van der Waals surface area contributed by atoms with Crippen molar-refractivity contribution in [3.63, 3.8) is 0 Å². The van der Waals surface area contributed by atoms with E-state index in [-0.39, 0.29) is 10.7 Å². The van der Waals surface area contributed by atoms with E-state index in [0.29, 0.717) is 10.9 Å². The van der Waals surface area contributed by atoms with E-state index >= 15 is 0 Å². The SMILES string of the molecule is Cc1ccc(-c2csc(NC(=O)CSC(C)(C)C)n2)s1. The number of thioether (sulfide) groups is 1. The molecule has 2 aromatic rings. The molecule has 2 heterocycles. The van der Waals surface area contributed by atoms with Gasteiger partial charge >= 0.3 is 0 Å². The number of thiophene rings is 1. The maximum absolute atomic E-state index is 11.8. The Labute approximate surface area is 131 Å². The fourth-order valence-electron chi connectivity index (χ4n) is 1.45. The summed E-state index contributed by atoms with van der Waals surface area (Å²) < 4.78 is 0.0971. The van der Waals surface area contributed by atoms with Gasteiger partial charge < -0.3 is 5.32 Å². The second-order valence-corrected chi connectivity index (χ2v) is 9.35. The van der Waals surface area contributed by atoms with Crippen molar-refractivity contribution >= 4 is 45.5 Å². The number of nitrogens with one attached hydrogen (secondary N) is 1. The van der Waals surface area contributed by atoms with Gasteiger partial charge in [0.25, 0.3) is 0 Å². The van der Waals surface area contributed by atoms with Crippen LogP contribution in [0, 0.1) is 6.92 Å². The molecule has 108 valence electrons. The highest BCUT2D eigenvalue weighted by Gasteiger charge is 2.14. The van der Waals surface area contributed by atoms with Gasteiger partial charge in [0.1, 0.15) is 0 Å². The molecule has 0 fully saturated rings. The summed E-state index contributed by atoms with van der Waals surface area (Å²) >= 11 is 4.82. The molecular weight excluding hydrogens is 308 g/mol. The van der Waals surface area contributed by atoms with Gasteiger partial charge in [-0.2, -0.15) is 0 Å². The molecule has 6 heteroatoms. The molecule has 1 amide bonds. The molecule has 0 aliphatic carbocycles. The van der Waals surface area contributed by atoms with Crippen LogP contribution in [-0.2, 0) is 4.79 Å². The van der Waals surface area contributed by atoms with Crippen LogP contribution in [0.3, 0.4) is 0 Å². The number of rotatable bonds is 4. The number of thiazole rings is 1. The molecule has 3 nitrogen and oxygen atoms in total. The number of anilines is 1. The third-order valence-corrected chi connectivity index (χ3v) is 5.43. The Hall–Kier alpha value is -0.850. The number of hydrogen-bond acceptors (Lipinski definition) is 5. The first-order valence-corrected chi connectivity index (χ1v) is 8.98. The third-order valence-electron chi connectivity index (χ3n) is 2.38. The van der Waals surface area contributed by atoms with E-state index in [2.05, 4.69) is 50.1 Å². The van der Waals surface area contributed by atoms with E-state index in [1.807, 2.05) is 5.38 Å². The van der Waals surface area contributed by atoms with Gasteiger partial charge in [-0.05, 0) is 19.1 Å². The third kappa shape index (κ3) is 4.61. The van der Waals surface area contributed by atoms with E-state index in [0.717, 1.165) is 10.6 Å². The highest BCUT2D eigenvalue weighted by atomic mass is 32.2. The molecule has 2 aromatic heterocycles. The minimum Gasteiger partial charge on any atom is -0.301 e. The first kappa shape index (κ1) is 15.5. The number of nitrogens with zero attached hydrogens (tertiary/aromatic N) is 1. The average molecular weight is 327 g/mol. The van der Waals surface area contributed by atoms with Crippen molar-refractivity contribution in [3.8, 4) is 10.6 Å². The molecule has 0 bridgehead atoms. The minimum atomic E-state index is 0.00758. The Morgan fingerprint density at radius 1 is 1.40 bits per heavy atom. The highest BCUT2D eigenvalue weighted by molar-refractivity contribution is 8.01. The van der Waals surface area contributed by atoms with Gasteiger partial charge in [-0.1, -0.05) is 20.8 Å². The van der Waals surface area contributed by atoms with Crippen molar-refractivity contribution in [1.29, 1.82) is 0 Å². The molecule has 1 N–H and O–H groups in total. The molecule has 0 aromatic carbocycles. The van der Waals surface area contributed by atoms with Crippen LogP contribution >= 0.6 is 34.4 Å². The van der Waals surface area contributed by atoms with Crippen LogP contribution in [0.2, 0.25) is 0 Å². The van der Waals surface area contributed by atoms with Crippen LogP contribution in [-0.4, -0.2) is 21.4 Å². The van der Waals surface area contributed by atoms with Crippen LogP contribution in [0.5, 0.6) is 0 Å². The number of carbonyl (C=O) groups excluding carboxylic acids is 1. The maximum Gasteiger partial charge on any atom is 0.236 e. The highest BCUT2D eigenvalue weighted by Crippen LogP contribution is 2.30. The molecule has 2 rings (SSSR count). The van der Waals surface area contributed by atoms with E-state index in [4.69, 9.17) is 0 Å². The lowest BCUT2D eigenvalue weighted by Gasteiger charge is -2.16. The summed E-state index contributed by atoms with van der Waals surface area (Å²) in [6.45, 7) is 8.38. The number of amides is 1. The lowest BCUT2D eigenvalue weighted by atomic mass is 10.3. The van der Waals surface area contributed by atoms with E-state index in [9.17, 15) is 4.79 Å². The Bertz CT molecular complexity index is 596. The lowest BCUT2D eigenvalue weighted by molar-refractivity contribution is -0.113.